The van der Waals surface area contributed by atoms with Crippen LogP contribution in [0.15, 0.2) is 18.2 Å². The molecule has 16 heavy (non-hydrogen) atoms. The molecule has 0 fully saturated rings. The van der Waals surface area contributed by atoms with Crippen LogP contribution in [0, 0.1) is 0 Å². The number of aliphatic hydroxyl groups is 1. The maximum atomic E-state index is 8.91. The third kappa shape index (κ3) is 3.47. The van der Waals surface area contributed by atoms with E-state index in [0.29, 0.717) is 18.0 Å². The standard InChI is InChI=1S/C11H18N2O2.ClH/c1-3-13(6-7-14)9-4-5-10(12)11(8-9)15-2;/h4-5,8,14H,3,6-7,12H2,1-2H3;1H. The summed E-state index contributed by atoms with van der Waals surface area (Å²) in [5, 5.41) is 8.91. The predicted octanol–water partition coefficient (Wildman–Crippen LogP) is 1.52. The number of nitrogens with two attached hydrogens (primary N) is 1. The van der Waals surface area contributed by atoms with E-state index in [9.17, 15) is 0 Å². The highest BCUT2D eigenvalue weighted by Gasteiger charge is 2.06. The Morgan fingerprint density at radius 1 is 1.44 bits per heavy atom. The molecule has 0 atom stereocenters. The Hall–Kier alpha value is -1.13. The van der Waals surface area contributed by atoms with E-state index in [-0.39, 0.29) is 19.0 Å². The molecule has 1 aromatic rings. The van der Waals surface area contributed by atoms with Crippen molar-refractivity contribution in [2.45, 2.75) is 6.92 Å². The van der Waals surface area contributed by atoms with Crippen LogP contribution in [-0.2, 0) is 0 Å². The van der Waals surface area contributed by atoms with Gasteiger partial charge in [0.15, 0.2) is 0 Å². The molecule has 0 saturated heterocycles. The smallest absolute Gasteiger partial charge is 0.143 e. The van der Waals surface area contributed by atoms with Gasteiger partial charge < -0.3 is 20.5 Å². The van der Waals surface area contributed by atoms with Gasteiger partial charge in [-0.25, -0.2) is 0 Å². The van der Waals surface area contributed by atoms with Crippen molar-refractivity contribution in [1.82, 2.24) is 0 Å². The van der Waals surface area contributed by atoms with Crippen molar-refractivity contribution in [1.29, 1.82) is 0 Å². The van der Waals surface area contributed by atoms with Crippen LogP contribution in [0.5, 0.6) is 5.75 Å². The fourth-order valence-corrected chi connectivity index (χ4v) is 1.49. The average molecular weight is 247 g/mol. The van der Waals surface area contributed by atoms with Gasteiger partial charge in [0.25, 0.3) is 0 Å². The molecule has 0 aromatic heterocycles. The van der Waals surface area contributed by atoms with E-state index in [4.69, 9.17) is 15.6 Å². The Balaban J connectivity index is 0.00000225. The average Bonchev–Trinajstić information content (AvgIpc) is 2.27. The molecule has 1 aromatic carbocycles. The largest absolute Gasteiger partial charge is 0.495 e. The van der Waals surface area contributed by atoms with Gasteiger partial charge in [0.05, 0.1) is 19.4 Å². The summed E-state index contributed by atoms with van der Waals surface area (Å²) in [4.78, 5) is 2.06. The molecular weight excluding hydrogens is 228 g/mol. The van der Waals surface area contributed by atoms with Crippen LogP contribution in [0.25, 0.3) is 0 Å². The Kier molecular flexibility index (Phi) is 6.69. The molecule has 1 rings (SSSR count). The van der Waals surface area contributed by atoms with Gasteiger partial charge in [0.2, 0.25) is 0 Å². The van der Waals surface area contributed by atoms with Crippen LogP contribution >= 0.6 is 12.4 Å². The second-order valence-electron chi connectivity index (χ2n) is 3.23. The third-order valence-corrected chi connectivity index (χ3v) is 2.33. The number of aliphatic hydroxyl groups excluding tert-OH is 1. The van der Waals surface area contributed by atoms with Gasteiger partial charge in [0.1, 0.15) is 5.75 Å². The maximum absolute atomic E-state index is 8.91. The van der Waals surface area contributed by atoms with Crippen LogP contribution in [-0.4, -0.2) is 31.9 Å². The number of hydrogen-bond donors (Lipinski definition) is 2. The molecule has 92 valence electrons. The van der Waals surface area contributed by atoms with E-state index < -0.39 is 0 Å². The first kappa shape index (κ1) is 14.9. The van der Waals surface area contributed by atoms with E-state index in [1.54, 1.807) is 7.11 Å². The molecule has 0 aliphatic carbocycles. The molecule has 0 radical (unpaired) electrons. The molecule has 0 bridgehead atoms. The highest BCUT2D eigenvalue weighted by Crippen LogP contribution is 2.27. The van der Waals surface area contributed by atoms with Gasteiger partial charge in [-0.05, 0) is 19.1 Å². The van der Waals surface area contributed by atoms with E-state index in [2.05, 4.69) is 4.90 Å². The first-order chi connectivity index (χ1) is 7.22. The summed E-state index contributed by atoms with van der Waals surface area (Å²) >= 11 is 0. The fourth-order valence-electron chi connectivity index (χ4n) is 1.49. The topological polar surface area (TPSA) is 58.7 Å². The lowest BCUT2D eigenvalue weighted by Gasteiger charge is -2.22. The second-order valence-corrected chi connectivity index (χ2v) is 3.23. The second kappa shape index (κ2) is 7.19. The summed E-state index contributed by atoms with van der Waals surface area (Å²) in [6, 6.07) is 5.62. The number of nitrogen functional groups attached to an aromatic ring is 1. The highest BCUT2D eigenvalue weighted by atomic mass is 35.5. The van der Waals surface area contributed by atoms with Gasteiger partial charge >= 0.3 is 0 Å². The first-order valence-corrected chi connectivity index (χ1v) is 5.02. The lowest BCUT2D eigenvalue weighted by Crippen LogP contribution is -2.26. The summed E-state index contributed by atoms with van der Waals surface area (Å²) in [5.41, 5.74) is 7.36. The lowest BCUT2D eigenvalue weighted by molar-refractivity contribution is 0.302. The maximum Gasteiger partial charge on any atom is 0.143 e. The molecule has 0 aliphatic heterocycles. The molecule has 4 nitrogen and oxygen atoms in total. The monoisotopic (exact) mass is 246 g/mol. The summed E-state index contributed by atoms with van der Waals surface area (Å²) in [7, 11) is 1.60. The normalized spacial score (nSPS) is 9.44. The fraction of sp³-hybridized carbons (Fsp3) is 0.455. The number of ether oxygens (including phenoxy) is 1. The van der Waals surface area contributed by atoms with Crippen LogP contribution in [0.2, 0.25) is 0 Å². The molecule has 0 spiro atoms. The zero-order chi connectivity index (χ0) is 11.3. The SMILES string of the molecule is CCN(CCO)c1ccc(N)c(OC)c1.Cl. The van der Waals surface area contributed by atoms with Crippen molar-refractivity contribution in [3.63, 3.8) is 0 Å². The Morgan fingerprint density at radius 2 is 2.12 bits per heavy atom. The van der Waals surface area contributed by atoms with E-state index in [1.807, 2.05) is 25.1 Å². The van der Waals surface area contributed by atoms with Gasteiger partial charge in [-0.15, -0.1) is 12.4 Å². The lowest BCUT2D eigenvalue weighted by atomic mass is 10.2. The van der Waals surface area contributed by atoms with Crippen LogP contribution in [0.4, 0.5) is 11.4 Å². The zero-order valence-corrected chi connectivity index (χ0v) is 10.5. The Bertz CT molecular complexity index is 321. The van der Waals surface area contributed by atoms with Crippen LogP contribution < -0.4 is 15.4 Å². The third-order valence-electron chi connectivity index (χ3n) is 2.33. The minimum Gasteiger partial charge on any atom is -0.495 e. The van der Waals surface area contributed by atoms with E-state index in [0.717, 1.165) is 12.2 Å². The molecule has 3 N–H and O–H groups in total. The summed E-state index contributed by atoms with van der Waals surface area (Å²) in [6.07, 6.45) is 0. The number of rotatable bonds is 5. The minimum absolute atomic E-state index is 0. The zero-order valence-electron chi connectivity index (χ0n) is 9.64. The Morgan fingerprint density at radius 3 is 2.62 bits per heavy atom. The van der Waals surface area contributed by atoms with Crippen molar-refractivity contribution in [2.75, 3.05) is 37.4 Å². The number of halogens is 1. The number of nitrogens with zero attached hydrogens (tertiary/aromatic N) is 1. The van der Waals surface area contributed by atoms with Crippen molar-refractivity contribution in [2.24, 2.45) is 0 Å². The number of methoxy groups -OCH3 is 1. The van der Waals surface area contributed by atoms with E-state index in [1.165, 1.54) is 0 Å². The summed E-state index contributed by atoms with van der Waals surface area (Å²) in [5.74, 6) is 0.670. The predicted molar refractivity (Wildman–Crippen MR) is 69.6 cm³/mol. The summed E-state index contributed by atoms with van der Waals surface area (Å²) in [6.45, 7) is 3.64. The van der Waals surface area contributed by atoms with Crippen molar-refractivity contribution in [3.05, 3.63) is 18.2 Å². The molecule has 0 aliphatic rings. The number of benzene rings is 1. The van der Waals surface area contributed by atoms with Crippen molar-refractivity contribution >= 4 is 23.8 Å². The van der Waals surface area contributed by atoms with Gasteiger partial charge in [-0.2, -0.15) is 0 Å². The first-order valence-electron chi connectivity index (χ1n) is 5.02. The van der Waals surface area contributed by atoms with Crippen molar-refractivity contribution < 1.29 is 9.84 Å². The highest BCUT2D eigenvalue weighted by molar-refractivity contribution is 5.85. The quantitative estimate of drug-likeness (QED) is 0.774. The summed E-state index contributed by atoms with van der Waals surface area (Å²) < 4.78 is 5.14. The molecule has 0 amide bonds. The minimum atomic E-state index is 0. The molecule has 5 heteroatoms. The van der Waals surface area contributed by atoms with Crippen LogP contribution in [0.1, 0.15) is 6.92 Å². The molecular formula is C11H19ClN2O2. The number of anilines is 2. The molecule has 0 unspecified atom stereocenters. The van der Waals surface area contributed by atoms with Crippen molar-refractivity contribution in [3.8, 4) is 5.75 Å². The van der Waals surface area contributed by atoms with Gasteiger partial charge in [-0.1, -0.05) is 0 Å². The van der Waals surface area contributed by atoms with Gasteiger partial charge in [-0.3, -0.25) is 0 Å². The van der Waals surface area contributed by atoms with E-state index >= 15 is 0 Å². The number of likely N-dealkylation sites (N-methyl/N-ethyl adjacent to an activating group) is 1. The van der Waals surface area contributed by atoms with Crippen LogP contribution in [0.3, 0.4) is 0 Å². The molecule has 0 saturated carbocycles. The van der Waals surface area contributed by atoms with Gasteiger partial charge in [0, 0.05) is 24.8 Å². The Labute approximate surface area is 102 Å². The molecule has 0 heterocycles. The number of hydrogen-bond acceptors (Lipinski definition) is 4.